The summed E-state index contributed by atoms with van der Waals surface area (Å²) in [6, 6.07) is 4.28. The highest BCUT2D eigenvalue weighted by Gasteiger charge is 2.39. The molecule has 1 N–H and O–H groups in total. The molecule has 0 spiro atoms. The predicted molar refractivity (Wildman–Crippen MR) is 78.7 cm³/mol. The topological polar surface area (TPSA) is 43.6 Å². The summed E-state index contributed by atoms with van der Waals surface area (Å²) >= 11 is 0. The van der Waals surface area contributed by atoms with Gasteiger partial charge in [0.15, 0.2) is 0 Å². The van der Waals surface area contributed by atoms with Crippen LogP contribution in [0.2, 0.25) is 0 Å². The van der Waals surface area contributed by atoms with E-state index in [0.717, 1.165) is 43.7 Å². The van der Waals surface area contributed by atoms with E-state index in [4.69, 9.17) is 13.9 Å². The van der Waals surface area contributed by atoms with Crippen molar-refractivity contribution in [3.63, 3.8) is 0 Å². The molecule has 20 heavy (non-hydrogen) atoms. The molecule has 1 aliphatic carbocycles. The van der Waals surface area contributed by atoms with Gasteiger partial charge in [0.2, 0.25) is 0 Å². The van der Waals surface area contributed by atoms with Crippen LogP contribution in [0.25, 0.3) is 0 Å². The molecule has 0 radical (unpaired) electrons. The first-order valence-electron chi connectivity index (χ1n) is 7.59. The van der Waals surface area contributed by atoms with Gasteiger partial charge >= 0.3 is 0 Å². The van der Waals surface area contributed by atoms with Crippen molar-refractivity contribution in [3.05, 3.63) is 23.7 Å². The highest BCUT2D eigenvalue weighted by atomic mass is 16.5. The van der Waals surface area contributed by atoms with Crippen molar-refractivity contribution in [2.45, 2.75) is 57.3 Å². The summed E-state index contributed by atoms with van der Waals surface area (Å²) in [7, 11) is 3.51. The number of furan rings is 1. The molecule has 1 aromatic heterocycles. The minimum atomic E-state index is 0.0413. The normalized spacial score (nSPS) is 18.8. The van der Waals surface area contributed by atoms with Gasteiger partial charge in [0.05, 0.1) is 11.6 Å². The fourth-order valence-electron chi connectivity index (χ4n) is 2.83. The molecule has 1 atom stereocenters. The Morgan fingerprint density at radius 3 is 2.70 bits per heavy atom. The summed E-state index contributed by atoms with van der Waals surface area (Å²) in [5.41, 5.74) is 0.0413. The van der Waals surface area contributed by atoms with Gasteiger partial charge in [-0.25, -0.2) is 0 Å². The minimum Gasteiger partial charge on any atom is -0.462 e. The Morgan fingerprint density at radius 2 is 2.15 bits per heavy atom. The lowest BCUT2D eigenvalue weighted by Gasteiger charge is -2.42. The van der Waals surface area contributed by atoms with Crippen LogP contribution < -0.4 is 5.32 Å². The van der Waals surface area contributed by atoms with Gasteiger partial charge in [-0.05, 0) is 50.8 Å². The van der Waals surface area contributed by atoms with Crippen LogP contribution in [0, 0.1) is 0 Å². The number of methoxy groups -OCH3 is 2. The Bertz CT molecular complexity index is 393. The Balaban J connectivity index is 2.05. The van der Waals surface area contributed by atoms with Crippen LogP contribution in [0.1, 0.15) is 56.6 Å². The maximum Gasteiger partial charge on any atom is 0.129 e. The van der Waals surface area contributed by atoms with E-state index in [0.29, 0.717) is 6.61 Å². The Morgan fingerprint density at radius 1 is 1.35 bits per heavy atom. The van der Waals surface area contributed by atoms with Crippen LogP contribution in [-0.4, -0.2) is 26.4 Å². The van der Waals surface area contributed by atoms with Crippen LogP contribution in [0.5, 0.6) is 0 Å². The second kappa shape index (κ2) is 7.25. The van der Waals surface area contributed by atoms with E-state index in [-0.39, 0.29) is 11.6 Å². The summed E-state index contributed by atoms with van der Waals surface area (Å²) in [5, 5.41) is 3.58. The van der Waals surface area contributed by atoms with E-state index < -0.39 is 0 Å². The molecule has 1 unspecified atom stereocenters. The zero-order chi connectivity index (χ0) is 14.4. The number of nitrogens with one attached hydrogen (secondary N) is 1. The van der Waals surface area contributed by atoms with Crippen molar-refractivity contribution < 1.29 is 13.9 Å². The number of hydrogen-bond donors (Lipinski definition) is 1. The van der Waals surface area contributed by atoms with Crippen molar-refractivity contribution in [2.75, 3.05) is 20.8 Å². The maximum absolute atomic E-state index is 5.90. The Labute approximate surface area is 121 Å². The van der Waals surface area contributed by atoms with Gasteiger partial charge in [-0.1, -0.05) is 6.92 Å². The second-order valence-electron chi connectivity index (χ2n) is 5.69. The third kappa shape index (κ3) is 3.62. The van der Waals surface area contributed by atoms with E-state index in [2.05, 4.69) is 18.3 Å². The van der Waals surface area contributed by atoms with Crippen LogP contribution in [0.4, 0.5) is 0 Å². The molecule has 1 saturated carbocycles. The number of hydrogen-bond acceptors (Lipinski definition) is 4. The smallest absolute Gasteiger partial charge is 0.129 e. The standard InChI is InChI=1S/C16H27NO3/c1-4-10-17-14(11-16(19-3)8-5-9-16)15-7-6-13(20-15)12-18-2/h6-7,14,17H,4-5,8-12H2,1-3H3. The zero-order valence-corrected chi connectivity index (χ0v) is 12.9. The summed E-state index contributed by atoms with van der Waals surface area (Å²) in [6.07, 6.45) is 5.66. The highest BCUT2D eigenvalue weighted by Crippen LogP contribution is 2.42. The largest absolute Gasteiger partial charge is 0.462 e. The van der Waals surface area contributed by atoms with Gasteiger partial charge in [-0.3, -0.25) is 0 Å². The van der Waals surface area contributed by atoms with Crippen LogP contribution >= 0.6 is 0 Å². The molecule has 0 amide bonds. The molecule has 4 nitrogen and oxygen atoms in total. The Kier molecular flexibility index (Phi) is 5.64. The first-order chi connectivity index (χ1) is 9.73. The molecular weight excluding hydrogens is 254 g/mol. The maximum atomic E-state index is 5.90. The van der Waals surface area contributed by atoms with Gasteiger partial charge < -0.3 is 19.2 Å². The number of ether oxygens (including phenoxy) is 2. The molecule has 1 aliphatic rings. The lowest BCUT2D eigenvalue weighted by molar-refractivity contribution is -0.0849. The fraction of sp³-hybridized carbons (Fsp3) is 0.750. The highest BCUT2D eigenvalue weighted by molar-refractivity contribution is 5.12. The van der Waals surface area contributed by atoms with E-state index in [1.807, 2.05) is 13.2 Å². The first kappa shape index (κ1) is 15.5. The van der Waals surface area contributed by atoms with E-state index in [1.165, 1.54) is 6.42 Å². The van der Waals surface area contributed by atoms with Crippen molar-refractivity contribution in [1.29, 1.82) is 0 Å². The van der Waals surface area contributed by atoms with E-state index in [9.17, 15) is 0 Å². The zero-order valence-electron chi connectivity index (χ0n) is 12.9. The minimum absolute atomic E-state index is 0.0413. The van der Waals surface area contributed by atoms with Gasteiger partial charge in [0.25, 0.3) is 0 Å². The molecule has 1 fully saturated rings. The van der Waals surface area contributed by atoms with Gasteiger partial charge in [0, 0.05) is 14.2 Å². The van der Waals surface area contributed by atoms with Gasteiger partial charge in [-0.15, -0.1) is 0 Å². The Hall–Kier alpha value is -0.840. The molecule has 0 aromatic carbocycles. The molecule has 4 heteroatoms. The van der Waals surface area contributed by atoms with Crippen LogP contribution in [0.3, 0.4) is 0 Å². The lowest BCUT2D eigenvalue weighted by Crippen LogP contribution is -2.42. The first-order valence-corrected chi connectivity index (χ1v) is 7.59. The molecule has 0 aliphatic heterocycles. The third-order valence-corrected chi connectivity index (χ3v) is 4.23. The molecule has 2 rings (SSSR count). The lowest BCUT2D eigenvalue weighted by atomic mass is 9.75. The fourth-order valence-corrected chi connectivity index (χ4v) is 2.83. The van der Waals surface area contributed by atoms with Crippen molar-refractivity contribution >= 4 is 0 Å². The van der Waals surface area contributed by atoms with Gasteiger partial charge in [-0.2, -0.15) is 0 Å². The molecule has 114 valence electrons. The summed E-state index contributed by atoms with van der Waals surface area (Å²) in [6.45, 7) is 3.69. The van der Waals surface area contributed by atoms with Crippen LogP contribution in [0.15, 0.2) is 16.5 Å². The third-order valence-electron chi connectivity index (χ3n) is 4.23. The SMILES string of the molecule is CCCNC(CC1(OC)CCC1)c1ccc(COC)o1. The number of rotatable bonds is 9. The average molecular weight is 281 g/mol. The molecule has 1 heterocycles. The predicted octanol–water partition coefficient (Wildman–Crippen LogP) is 3.43. The second-order valence-corrected chi connectivity index (χ2v) is 5.69. The van der Waals surface area contributed by atoms with E-state index in [1.54, 1.807) is 7.11 Å². The molecule has 0 bridgehead atoms. The summed E-state index contributed by atoms with van der Waals surface area (Å²) in [4.78, 5) is 0. The summed E-state index contributed by atoms with van der Waals surface area (Å²) < 4.78 is 16.8. The summed E-state index contributed by atoms with van der Waals surface area (Å²) in [5.74, 6) is 1.87. The van der Waals surface area contributed by atoms with Gasteiger partial charge in [0.1, 0.15) is 18.1 Å². The monoisotopic (exact) mass is 281 g/mol. The van der Waals surface area contributed by atoms with Crippen molar-refractivity contribution in [2.24, 2.45) is 0 Å². The molecular formula is C16H27NO3. The molecule has 0 saturated heterocycles. The average Bonchev–Trinajstić information content (AvgIpc) is 2.86. The molecule has 1 aromatic rings. The van der Waals surface area contributed by atoms with Crippen molar-refractivity contribution in [1.82, 2.24) is 5.32 Å². The quantitative estimate of drug-likeness (QED) is 0.753. The van der Waals surface area contributed by atoms with Crippen LogP contribution in [-0.2, 0) is 16.1 Å². The van der Waals surface area contributed by atoms with E-state index >= 15 is 0 Å². The van der Waals surface area contributed by atoms with Crippen molar-refractivity contribution in [3.8, 4) is 0 Å².